The SMILES string of the molecule is Cc1ccc(NC(=O)c2cc(COc3ccc4c(c3)OCO4)cs2)cc1Cl. The number of hydrogen-bond acceptors (Lipinski definition) is 5. The lowest BCUT2D eigenvalue weighted by molar-refractivity contribution is 0.103. The molecular weight excluding hydrogens is 386 g/mol. The highest BCUT2D eigenvalue weighted by atomic mass is 35.5. The van der Waals surface area contributed by atoms with E-state index < -0.39 is 0 Å². The van der Waals surface area contributed by atoms with Crippen molar-refractivity contribution < 1.29 is 19.0 Å². The van der Waals surface area contributed by atoms with Crippen LogP contribution in [0.4, 0.5) is 5.69 Å². The molecule has 1 N–H and O–H groups in total. The summed E-state index contributed by atoms with van der Waals surface area (Å²) in [5.74, 6) is 1.91. The van der Waals surface area contributed by atoms with Gasteiger partial charge in [-0.25, -0.2) is 0 Å². The Labute approximate surface area is 165 Å². The average molecular weight is 402 g/mol. The Morgan fingerprint density at radius 3 is 2.89 bits per heavy atom. The minimum atomic E-state index is -0.172. The number of rotatable bonds is 5. The Hall–Kier alpha value is -2.70. The molecule has 4 rings (SSSR count). The molecule has 1 aliphatic rings. The Balaban J connectivity index is 1.37. The highest BCUT2D eigenvalue weighted by Gasteiger charge is 2.14. The first-order chi connectivity index (χ1) is 13.1. The Morgan fingerprint density at radius 1 is 1.19 bits per heavy atom. The number of fused-ring (bicyclic) bond motifs is 1. The zero-order valence-corrected chi connectivity index (χ0v) is 16.0. The number of ether oxygens (including phenoxy) is 3. The van der Waals surface area contributed by atoms with Crippen LogP contribution < -0.4 is 19.5 Å². The summed E-state index contributed by atoms with van der Waals surface area (Å²) in [5, 5.41) is 5.39. The summed E-state index contributed by atoms with van der Waals surface area (Å²) in [6, 6.07) is 12.7. The van der Waals surface area contributed by atoms with Crippen LogP contribution in [0.2, 0.25) is 5.02 Å². The molecule has 0 radical (unpaired) electrons. The van der Waals surface area contributed by atoms with Crippen molar-refractivity contribution in [2.24, 2.45) is 0 Å². The second-order valence-corrected chi connectivity index (χ2v) is 7.36. The van der Waals surface area contributed by atoms with Gasteiger partial charge in [0, 0.05) is 22.3 Å². The third kappa shape index (κ3) is 4.02. The van der Waals surface area contributed by atoms with Crippen molar-refractivity contribution in [2.75, 3.05) is 12.1 Å². The molecule has 0 fully saturated rings. The standard InChI is InChI=1S/C20H16ClNO4S/c1-12-2-3-14(7-16(12)21)22-20(23)19-6-13(10-27-19)9-24-15-4-5-17-18(8-15)26-11-25-17/h2-8,10H,9,11H2,1H3,(H,22,23). The lowest BCUT2D eigenvalue weighted by atomic mass is 10.2. The molecule has 138 valence electrons. The van der Waals surface area contributed by atoms with Gasteiger partial charge in [0.25, 0.3) is 5.91 Å². The van der Waals surface area contributed by atoms with E-state index in [2.05, 4.69) is 5.32 Å². The van der Waals surface area contributed by atoms with Gasteiger partial charge in [-0.15, -0.1) is 11.3 Å². The minimum Gasteiger partial charge on any atom is -0.489 e. The van der Waals surface area contributed by atoms with Gasteiger partial charge in [-0.2, -0.15) is 0 Å². The van der Waals surface area contributed by atoms with E-state index in [1.54, 1.807) is 12.1 Å². The summed E-state index contributed by atoms with van der Waals surface area (Å²) >= 11 is 7.47. The largest absolute Gasteiger partial charge is 0.489 e. The van der Waals surface area contributed by atoms with Crippen LogP contribution in [-0.2, 0) is 6.61 Å². The monoisotopic (exact) mass is 401 g/mol. The molecule has 1 amide bonds. The first kappa shape index (κ1) is 17.7. The number of halogens is 1. The van der Waals surface area contributed by atoms with Gasteiger partial charge in [-0.3, -0.25) is 4.79 Å². The van der Waals surface area contributed by atoms with E-state index in [1.807, 2.05) is 42.6 Å². The van der Waals surface area contributed by atoms with Crippen LogP contribution in [0.15, 0.2) is 47.8 Å². The number of benzene rings is 2. The van der Waals surface area contributed by atoms with E-state index in [-0.39, 0.29) is 12.7 Å². The maximum Gasteiger partial charge on any atom is 0.265 e. The molecular formula is C20H16ClNO4S. The summed E-state index contributed by atoms with van der Waals surface area (Å²) < 4.78 is 16.4. The third-order valence-electron chi connectivity index (χ3n) is 4.06. The zero-order chi connectivity index (χ0) is 18.8. The molecule has 3 aromatic rings. The number of anilines is 1. The highest BCUT2D eigenvalue weighted by molar-refractivity contribution is 7.12. The number of carbonyl (C=O) groups excluding carboxylic acids is 1. The lowest BCUT2D eigenvalue weighted by Crippen LogP contribution is -2.10. The van der Waals surface area contributed by atoms with E-state index in [4.69, 9.17) is 25.8 Å². The molecule has 1 aromatic heterocycles. The third-order valence-corrected chi connectivity index (χ3v) is 5.44. The van der Waals surface area contributed by atoms with Crippen LogP contribution in [-0.4, -0.2) is 12.7 Å². The minimum absolute atomic E-state index is 0.172. The molecule has 0 bridgehead atoms. The first-order valence-electron chi connectivity index (χ1n) is 8.26. The summed E-state index contributed by atoms with van der Waals surface area (Å²) in [7, 11) is 0. The normalized spacial score (nSPS) is 12.1. The number of nitrogens with one attached hydrogen (secondary N) is 1. The second kappa shape index (κ2) is 7.50. The van der Waals surface area contributed by atoms with E-state index >= 15 is 0 Å². The van der Waals surface area contributed by atoms with Gasteiger partial charge >= 0.3 is 0 Å². The summed E-state index contributed by atoms with van der Waals surface area (Å²) in [5.41, 5.74) is 2.56. The number of aryl methyl sites for hydroxylation is 1. The van der Waals surface area contributed by atoms with Crippen molar-refractivity contribution >= 4 is 34.5 Å². The highest BCUT2D eigenvalue weighted by Crippen LogP contribution is 2.35. The van der Waals surface area contributed by atoms with Gasteiger partial charge in [0.2, 0.25) is 6.79 Å². The average Bonchev–Trinajstić information content (AvgIpc) is 3.31. The van der Waals surface area contributed by atoms with Gasteiger partial charge < -0.3 is 19.5 Å². The number of hydrogen-bond donors (Lipinski definition) is 1. The first-order valence-corrected chi connectivity index (χ1v) is 9.51. The van der Waals surface area contributed by atoms with Gasteiger partial charge in [0.15, 0.2) is 11.5 Å². The molecule has 0 aliphatic carbocycles. The van der Waals surface area contributed by atoms with E-state index in [1.165, 1.54) is 11.3 Å². The summed E-state index contributed by atoms with van der Waals surface area (Å²) in [6.45, 7) is 2.51. The summed E-state index contributed by atoms with van der Waals surface area (Å²) in [6.07, 6.45) is 0. The van der Waals surface area contributed by atoms with Crippen LogP contribution in [0.5, 0.6) is 17.2 Å². The van der Waals surface area contributed by atoms with Crippen LogP contribution in [0.3, 0.4) is 0 Å². The Bertz CT molecular complexity index is 1000. The van der Waals surface area contributed by atoms with Crippen molar-refractivity contribution in [2.45, 2.75) is 13.5 Å². The number of thiophene rings is 1. The van der Waals surface area contributed by atoms with Gasteiger partial charge in [0.05, 0.1) is 4.88 Å². The van der Waals surface area contributed by atoms with Crippen LogP contribution in [0, 0.1) is 6.92 Å². The van der Waals surface area contributed by atoms with Crippen molar-refractivity contribution in [3.05, 3.63) is 68.9 Å². The molecule has 7 heteroatoms. The van der Waals surface area contributed by atoms with E-state index in [9.17, 15) is 4.79 Å². The van der Waals surface area contributed by atoms with E-state index in [0.29, 0.717) is 39.4 Å². The fraction of sp³-hybridized carbons (Fsp3) is 0.150. The topological polar surface area (TPSA) is 56.8 Å². The molecule has 0 unspecified atom stereocenters. The molecule has 27 heavy (non-hydrogen) atoms. The molecule has 2 heterocycles. The molecule has 5 nitrogen and oxygen atoms in total. The Morgan fingerprint density at radius 2 is 2.04 bits per heavy atom. The molecule has 2 aromatic carbocycles. The predicted octanol–water partition coefficient (Wildman–Crippen LogP) is 5.27. The second-order valence-electron chi connectivity index (χ2n) is 6.04. The van der Waals surface area contributed by atoms with Crippen LogP contribution in [0.1, 0.15) is 20.8 Å². The lowest BCUT2D eigenvalue weighted by Gasteiger charge is -2.06. The van der Waals surface area contributed by atoms with Crippen molar-refractivity contribution in [1.29, 1.82) is 0 Å². The van der Waals surface area contributed by atoms with Crippen LogP contribution in [0.25, 0.3) is 0 Å². The van der Waals surface area contributed by atoms with Crippen molar-refractivity contribution in [1.82, 2.24) is 0 Å². The van der Waals surface area contributed by atoms with Crippen molar-refractivity contribution in [3.8, 4) is 17.2 Å². The molecule has 0 saturated carbocycles. The predicted molar refractivity (Wildman–Crippen MR) is 105 cm³/mol. The molecule has 0 spiro atoms. The van der Waals surface area contributed by atoms with E-state index in [0.717, 1.165) is 11.1 Å². The maximum atomic E-state index is 12.4. The van der Waals surface area contributed by atoms with Crippen molar-refractivity contribution in [3.63, 3.8) is 0 Å². The van der Waals surface area contributed by atoms with Gasteiger partial charge in [-0.05, 0) is 48.2 Å². The fourth-order valence-corrected chi connectivity index (χ4v) is 3.54. The maximum absolute atomic E-state index is 12.4. The number of amides is 1. The zero-order valence-electron chi connectivity index (χ0n) is 14.5. The summed E-state index contributed by atoms with van der Waals surface area (Å²) in [4.78, 5) is 13.0. The fourth-order valence-electron chi connectivity index (χ4n) is 2.57. The smallest absolute Gasteiger partial charge is 0.265 e. The van der Waals surface area contributed by atoms with Gasteiger partial charge in [0.1, 0.15) is 12.4 Å². The quantitative estimate of drug-likeness (QED) is 0.632. The molecule has 0 atom stereocenters. The molecule has 0 saturated heterocycles. The van der Waals surface area contributed by atoms with Crippen LogP contribution >= 0.6 is 22.9 Å². The Kier molecular flexibility index (Phi) is 4.92. The number of carbonyl (C=O) groups is 1. The van der Waals surface area contributed by atoms with Gasteiger partial charge in [-0.1, -0.05) is 17.7 Å². The molecule has 1 aliphatic heterocycles.